The maximum atomic E-state index is 13.4. The normalized spacial score (nSPS) is 17.7. The van der Waals surface area contributed by atoms with Crippen molar-refractivity contribution < 1.29 is 17.7 Å². The molecule has 0 aliphatic carbocycles. The summed E-state index contributed by atoms with van der Waals surface area (Å²) in [4.78, 5) is 14.6. The molecule has 1 saturated heterocycles. The Morgan fingerprint density at radius 2 is 2.00 bits per heavy atom. The first-order valence-corrected chi connectivity index (χ1v) is 11.8. The van der Waals surface area contributed by atoms with Gasteiger partial charge in [-0.25, -0.2) is 8.42 Å². The first-order valence-electron chi connectivity index (χ1n) is 10.3. The van der Waals surface area contributed by atoms with Crippen molar-refractivity contribution in [3.05, 3.63) is 53.0 Å². The molecule has 8 nitrogen and oxygen atoms in total. The molecule has 0 saturated carbocycles. The van der Waals surface area contributed by atoms with Gasteiger partial charge in [-0.05, 0) is 32.3 Å². The fourth-order valence-corrected chi connectivity index (χ4v) is 5.33. The van der Waals surface area contributed by atoms with Crippen LogP contribution in [0.15, 0.2) is 39.9 Å². The number of carbonyl (C=O) groups excluding carboxylic acids is 1. The molecule has 168 valence electrons. The SMILES string of the molecule is Cc1ccc(CNC(=O)[C@@H]2CCCN(S(=O)(=O)c3c(C)noc3/C=C/N(C)C)C2)cc1. The van der Waals surface area contributed by atoms with Crippen LogP contribution in [0.2, 0.25) is 0 Å². The summed E-state index contributed by atoms with van der Waals surface area (Å²) in [5.74, 6) is -0.331. The average molecular weight is 447 g/mol. The summed E-state index contributed by atoms with van der Waals surface area (Å²) in [5.41, 5.74) is 2.48. The quantitative estimate of drug-likeness (QED) is 0.702. The molecule has 0 unspecified atom stereocenters. The molecule has 9 heteroatoms. The average Bonchev–Trinajstić information content (AvgIpc) is 3.13. The molecule has 1 aliphatic heterocycles. The third kappa shape index (κ3) is 5.54. The minimum absolute atomic E-state index is 0.0614. The molecule has 0 radical (unpaired) electrons. The smallest absolute Gasteiger partial charge is 0.248 e. The van der Waals surface area contributed by atoms with Gasteiger partial charge in [0.05, 0.1) is 5.92 Å². The van der Waals surface area contributed by atoms with Gasteiger partial charge in [-0.15, -0.1) is 0 Å². The van der Waals surface area contributed by atoms with E-state index in [9.17, 15) is 13.2 Å². The lowest BCUT2D eigenvalue weighted by molar-refractivity contribution is -0.126. The summed E-state index contributed by atoms with van der Waals surface area (Å²) in [5, 5.41) is 6.79. The number of benzene rings is 1. The molecule has 2 aromatic rings. The fraction of sp³-hybridized carbons (Fsp3) is 0.455. The van der Waals surface area contributed by atoms with Crippen molar-refractivity contribution in [3.63, 3.8) is 0 Å². The summed E-state index contributed by atoms with van der Waals surface area (Å²) >= 11 is 0. The van der Waals surface area contributed by atoms with E-state index >= 15 is 0 Å². The molecule has 31 heavy (non-hydrogen) atoms. The van der Waals surface area contributed by atoms with Crippen LogP contribution >= 0.6 is 0 Å². The van der Waals surface area contributed by atoms with Crippen LogP contribution in [0.25, 0.3) is 6.08 Å². The van der Waals surface area contributed by atoms with E-state index in [0.29, 0.717) is 31.6 Å². The molecule has 1 aromatic carbocycles. The number of aryl methyl sites for hydroxylation is 2. The number of amides is 1. The molecule has 0 bridgehead atoms. The first-order chi connectivity index (χ1) is 14.7. The lowest BCUT2D eigenvalue weighted by atomic mass is 9.98. The Morgan fingerprint density at radius 1 is 1.29 bits per heavy atom. The summed E-state index contributed by atoms with van der Waals surface area (Å²) in [6, 6.07) is 7.95. The van der Waals surface area contributed by atoms with Gasteiger partial charge in [-0.3, -0.25) is 4.79 Å². The standard InChI is InChI=1S/C22H30N4O4S/c1-16-7-9-18(10-8-16)14-23-22(27)19-6-5-12-26(15-19)31(28,29)21-17(2)24-30-20(21)11-13-25(3)4/h7-11,13,19H,5-6,12,14-15H2,1-4H3,(H,23,27)/b13-11+/t19-/m1/s1. The van der Waals surface area contributed by atoms with Gasteiger partial charge in [0.2, 0.25) is 15.9 Å². The second-order valence-corrected chi connectivity index (χ2v) is 10.0. The minimum atomic E-state index is -3.84. The monoisotopic (exact) mass is 446 g/mol. The maximum Gasteiger partial charge on any atom is 0.248 e. The number of sulfonamides is 1. The molecule has 1 N–H and O–H groups in total. The second-order valence-electron chi connectivity index (χ2n) is 8.15. The van der Waals surface area contributed by atoms with Crippen LogP contribution in [0.4, 0.5) is 0 Å². The Kier molecular flexibility index (Phi) is 7.17. The van der Waals surface area contributed by atoms with Gasteiger partial charge >= 0.3 is 0 Å². The minimum Gasteiger partial charge on any atom is -0.383 e. The van der Waals surface area contributed by atoms with Crippen molar-refractivity contribution in [1.29, 1.82) is 0 Å². The van der Waals surface area contributed by atoms with Gasteiger partial charge in [0.25, 0.3) is 0 Å². The summed E-state index contributed by atoms with van der Waals surface area (Å²) in [6.45, 7) is 4.55. The van der Waals surface area contributed by atoms with E-state index in [1.54, 1.807) is 24.1 Å². The van der Waals surface area contributed by atoms with Crippen LogP contribution in [0.5, 0.6) is 0 Å². The van der Waals surface area contributed by atoms with E-state index in [1.165, 1.54) is 4.31 Å². The van der Waals surface area contributed by atoms with E-state index in [4.69, 9.17) is 4.52 Å². The van der Waals surface area contributed by atoms with Crippen LogP contribution < -0.4 is 5.32 Å². The third-order valence-corrected chi connectivity index (χ3v) is 7.32. The zero-order valence-corrected chi connectivity index (χ0v) is 19.3. The van der Waals surface area contributed by atoms with E-state index in [-0.39, 0.29) is 23.1 Å². The molecule has 1 amide bonds. The number of aromatic nitrogens is 1. The molecule has 1 atom stereocenters. The highest BCUT2D eigenvalue weighted by molar-refractivity contribution is 7.89. The van der Waals surface area contributed by atoms with Crippen LogP contribution in [-0.4, -0.2) is 55.9 Å². The van der Waals surface area contributed by atoms with E-state index in [0.717, 1.165) is 11.1 Å². The van der Waals surface area contributed by atoms with Gasteiger partial charge in [-0.1, -0.05) is 35.0 Å². The molecular formula is C22H30N4O4S. The van der Waals surface area contributed by atoms with Gasteiger partial charge in [0.15, 0.2) is 10.7 Å². The van der Waals surface area contributed by atoms with Gasteiger partial charge in [-0.2, -0.15) is 4.31 Å². The van der Waals surface area contributed by atoms with Crippen molar-refractivity contribution in [1.82, 2.24) is 19.7 Å². The van der Waals surface area contributed by atoms with Gasteiger partial charge in [0.1, 0.15) is 5.69 Å². The molecule has 1 aromatic heterocycles. The molecule has 1 aliphatic rings. The highest BCUT2D eigenvalue weighted by atomic mass is 32.2. The second kappa shape index (κ2) is 9.65. The van der Waals surface area contributed by atoms with Crippen LogP contribution in [-0.2, 0) is 21.4 Å². The first kappa shape index (κ1) is 23.0. The summed E-state index contributed by atoms with van der Waals surface area (Å²) in [7, 11) is -0.176. The van der Waals surface area contributed by atoms with Crippen molar-refractivity contribution in [2.75, 3.05) is 27.2 Å². The largest absolute Gasteiger partial charge is 0.383 e. The lowest BCUT2D eigenvalue weighted by Crippen LogP contribution is -2.45. The number of piperidine rings is 1. The predicted octanol–water partition coefficient (Wildman–Crippen LogP) is 2.54. The molecule has 1 fully saturated rings. The Labute approximate surface area is 183 Å². The van der Waals surface area contributed by atoms with Gasteiger partial charge in [0, 0.05) is 46.0 Å². The Bertz CT molecular complexity index is 1040. The molecule has 3 rings (SSSR count). The third-order valence-electron chi connectivity index (χ3n) is 5.30. The van der Waals surface area contributed by atoms with Crippen LogP contribution in [0.3, 0.4) is 0 Å². The maximum absolute atomic E-state index is 13.4. The Morgan fingerprint density at radius 3 is 2.68 bits per heavy atom. The van der Waals surface area contributed by atoms with Gasteiger partial charge < -0.3 is 14.7 Å². The summed E-state index contributed by atoms with van der Waals surface area (Å²) in [6.07, 6.45) is 4.57. The number of hydrogen-bond acceptors (Lipinski definition) is 6. The highest BCUT2D eigenvalue weighted by Crippen LogP contribution is 2.29. The van der Waals surface area contributed by atoms with E-state index in [1.807, 2.05) is 45.3 Å². The molecule has 0 spiro atoms. The number of nitrogens with zero attached hydrogens (tertiary/aromatic N) is 3. The summed E-state index contributed by atoms with van der Waals surface area (Å²) < 4.78 is 33.3. The van der Waals surface area contributed by atoms with Crippen molar-refractivity contribution in [2.45, 2.75) is 38.1 Å². The fourth-order valence-electron chi connectivity index (χ4n) is 3.56. The molecular weight excluding hydrogens is 416 g/mol. The van der Waals surface area contributed by atoms with Crippen molar-refractivity contribution in [2.24, 2.45) is 5.92 Å². The number of hydrogen-bond donors (Lipinski definition) is 1. The lowest BCUT2D eigenvalue weighted by Gasteiger charge is -2.31. The number of rotatable bonds is 7. The van der Waals surface area contributed by atoms with Crippen LogP contribution in [0, 0.1) is 19.8 Å². The molecule has 2 heterocycles. The van der Waals surface area contributed by atoms with E-state index in [2.05, 4.69) is 10.5 Å². The predicted molar refractivity (Wildman–Crippen MR) is 118 cm³/mol. The van der Waals surface area contributed by atoms with Crippen molar-refractivity contribution >= 4 is 22.0 Å². The number of carbonyl (C=O) groups is 1. The zero-order chi connectivity index (χ0) is 22.6. The number of nitrogens with one attached hydrogen (secondary N) is 1. The van der Waals surface area contributed by atoms with E-state index < -0.39 is 15.9 Å². The topological polar surface area (TPSA) is 95.8 Å². The Hall–Kier alpha value is -2.65. The van der Waals surface area contributed by atoms with Crippen molar-refractivity contribution in [3.8, 4) is 0 Å². The highest BCUT2D eigenvalue weighted by Gasteiger charge is 2.36. The Balaban J connectivity index is 1.71. The van der Waals surface area contributed by atoms with Crippen LogP contribution in [0.1, 0.15) is 35.4 Å². The zero-order valence-electron chi connectivity index (χ0n) is 18.5.